The molecule has 4 nitrogen and oxygen atoms in total. The van der Waals surface area contributed by atoms with Gasteiger partial charge in [-0.1, -0.05) is 30.7 Å². The molecule has 0 spiro atoms. The summed E-state index contributed by atoms with van der Waals surface area (Å²) in [6, 6.07) is 12.1. The van der Waals surface area contributed by atoms with Crippen LogP contribution in [0.4, 0.5) is 5.13 Å². The Morgan fingerprint density at radius 1 is 1.22 bits per heavy atom. The molecule has 1 aromatic heterocycles. The number of nitrogens with zero attached hydrogens (tertiary/aromatic N) is 1. The number of thiazole rings is 1. The summed E-state index contributed by atoms with van der Waals surface area (Å²) in [5.41, 5.74) is 5.51. The normalized spacial score (nSPS) is 10.7. The molecule has 0 bridgehead atoms. The van der Waals surface area contributed by atoms with Gasteiger partial charge in [-0.3, -0.25) is 10.1 Å². The predicted molar refractivity (Wildman–Crippen MR) is 115 cm³/mol. The average molecular weight is 445 g/mol. The highest BCUT2D eigenvalue weighted by Gasteiger charge is 2.11. The zero-order chi connectivity index (χ0) is 19.4. The molecule has 0 fully saturated rings. The predicted octanol–water partition coefficient (Wildman–Crippen LogP) is 5.77. The molecule has 3 aromatic rings. The number of carbonyl (C=O) groups is 1. The lowest BCUT2D eigenvalue weighted by Crippen LogP contribution is -2.20. The van der Waals surface area contributed by atoms with Gasteiger partial charge in [-0.25, -0.2) is 4.98 Å². The summed E-state index contributed by atoms with van der Waals surface area (Å²) in [6.45, 7) is 6.14. The molecule has 2 aromatic carbocycles. The Morgan fingerprint density at radius 3 is 2.78 bits per heavy atom. The number of nitrogens with one attached hydrogen (secondary N) is 1. The number of ether oxygens (including phenoxy) is 1. The summed E-state index contributed by atoms with van der Waals surface area (Å²) in [6.07, 6.45) is 0.951. The Bertz CT molecular complexity index is 969. The summed E-state index contributed by atoms with van der Waals surface area (Å²) in [5, 5.41) is 5.33. The van der Waals surface area contributed by atoms with Crippen LogP contribution in [0.25, 0.3) is 11.3 Å². The van der Waals surface area contributed by atoms with Gasteiger partial charge < -0.3 is 4.74 Å². The van der Waals surface area contributed by atoms with Crippen molar-refractivity contribution in [1.29, 1.82) is 0 Å². The Morgan fingerprint density at radius 2 is 2.04 bits per heavy atom. The number of aryl methyl sites for hydroxylation is 3. The molecular formula is C21H21BrN2O2S. The van der Waals surface area contributed by atoms with Gasteiger partial charge in [0.2, 0.25) is 0 Å². The van der Waals surface area contributed by atoms with Crippen molar-refractivity contribution in [1.82, 2.24) is 4.98 Å². The topological polar surface area (TPSA) is 51.2 Å². The number of carbonyl (C=O) groups excluding carboxylic acids is 1. The minimum Gasteiger partial charge on any atom is -0.483 e. The van der Waals surface area contributed by atoms with Crippen LogP contribution in [0.15, 0.2) is 46.3 Å². The quantitative estimate of drug-likeness (QED) is 0.524. The van der Waals surface area contributed by atoms with Gasteiger partial charge in [0.05, 0.1) is 10.2 Å². The first-order valence-electron chi connectivity index (χ1n) is 8.70. The van der Waals surface area contributed by atoms with Crippen molar-refractivity contribution in [2.45, 2.75) is 27.2 Å². The van der Waals surface area contributed by atoms with Crippen molar-refractivity contribution in [2.75, 3.05) is 11.9 Å². The van der Waals surface area contributed by atoms with E-state index in [1.54, 1.807) is 0 Å². The van der Waals surface area contributed by atoms with Crippen molar-refractivity contribution < 1.29 is 9.53 Å². The Labute approximate surface area is 171 Å². The van der Waals surface area contributed by atoms with E-state index >= 15 is 0 Å². The Balaban J connectivity index is 1.62. The lowest BCUT2D eigenvalue weighted by Gasteiger charge is -2.09. The molecule has 3 rings (SSSR count). The monoisotopic (exact) mass is 444 g/mol. The van der Waals surface area contributed by atoms with Gasteiger partial charge in [-0.2, -0.15) is 0 Å². The number of benzene rings is 2. The molecule has 27 heavy (non-hydrogen) atoms. The fourth-order valence-electron chi connectivity index (χ4n) is 2.65. The molecule has 0 aliphatic rings. The second kappa shape index (κ2) is 8.67. The molecule has 0 radical (unpaired) electrons. The van der Waals surface area contributed by atoms with E-state index in [4.69, 9.17) is 4.74 Å². The molecule has 1 N–H and O–H groups in total. The van der Waals surface area contributed by atoms with E-state index in [2.05, 4.69) is 65.2 Å². The Hall–Kier alpha value is -2.18. The number of amides is 1. The summed E-state index contributed by atoms with van der Waals surface area (Å²) in [4.78, 5) is 16.7. The lowest BCUT2D eigenvalue weighted by atomic mass is 10.0. The first-order chi connectivity index (χ1) is 13.0. The van der Waals surface area contributed by atoms with Gasteiger partial charge in [0.1, 0.15) is 5.75 Å². The van der Waals surface area contributed by atoms with Crippen LogP contribution >= 0.6 is 27.3 Å². The first-order valence-corrected chi connectivity index (χ1v) is 10.4. The molecule has 0 aliphatic carbocycles. The second-order valence-electron chi connectivity index (χ2n) is 6.31. The molecule has 0 aliphatic heterocycles. The highest BCUT2D eigenvalue weighted by molar-refractivity contribution is 9.10. The first kappa shape index (κ1) is 19.6. The molecule has 1 amide bonds. The van der Waals surface area contributed by atoms with E-state index in [0.717, 1.165) is 27.7 Å². The summed E-state index contributed by atoms with van der Waals surface area (Å²) in [5.74, 6) is 0.417. The van der Waals surface area contributed by atoms with Crippen LogP contribution in [-0.4, -0.2) is 17.5 Å². The van der Waals surface area contributed by atoms with Gasteiger partial charge in [-0.05, 0) is 65.5 Å². The van der Waals surface area contributed by atoms with Crippen LogP contribution in [0.3, 0.4) is 0 Å². The van der Waals surface area contributed by atoms with E-state index in [0.29, 0.717) is 10.9 Å². The van der Waals surface area contributed by atoms with E-state index in [9.17, 15) is 4.79 Å². The number of hydrogen-bond donors (Lipinski definition) is 1. The number of aromatic nitrogens is 1. The van der Waals surface area contributed by atoms with E-state index < -0.39 is 0 Å². The van der Waals surface area contributed by atoms with Crippen molar-refractivity contribution >= 4 is 38.3 Å². The fraction of sp³-hybridized carbons (Fsp3) is 0.238. The highest BCUT2D eigenvalue weighted by Crippen LogP contribution is 2.29. The minimum atomic E-state index is -0.233. The maximum atomic E-state index is 12.2. The van der Waals surface area contributed by atoms with Gasteiger partial charge in [0, 0.05) is 10.9 Å². The number of hydrogen-bond acceptors (Lipinski definition) is 4. The molecule has 1 heterocycles. The standard InChI is InChI=1S/C21H21BrN2O2S/c1-4-15-7-8-19(17(22)10-15)26-11-20(25)24-21-23-18(12-27-21)16-9-13(2)5-6-14(16)3/h5-10,12H,4,11H2,1-3H3,(H,23,24,25). The van der Waals surface area contributed by atoms with Gasteiger partial charge in [0.15, 0.2) is 11.7 Å². The van der Waals surface area contributed by atoms with Gasteiger partial charge in [-0.15, -0.1) is 11.3 Å². The van der Waals surface area contributed by atoms with Crippen molar-refractivity contribution in [3.05, 3.63) is 62.9 Å². The van der Waals surface area contributed by atoms with Crippen LogP contribution in [-0.2, 0) is 11.2 Å². The fourth-order valence-corrected chi connectivity index (χ4v) is 3.91. The molecule has 0 unspecified atom stereocenters. The molecule has 0 saturated carbocycles. The minimum absolute atomic E-state index is 0.0670. The number of rotatable bonds is 6. The third kappa shape index (κ3) is 4.96. The van der Waals surface area contributed by atoms with Gasteiger partial charge >= 0.3 is 0 Å². The molecule has 140 valence electrons. The largest absolute Gasteiger partial charge is 0.483 e. The van der Waals surface area contributed by atoms with Crippen LogP contribution in [0.5, 0.6) is 5.75 Å². The van der Waals surface area contributed by atoms with E-state index in [-0.39, 0.29) is 12.5 Å². The third-order valence-electron chi connectivity index (χ3n) is 4.18. The molecular weight excluding hydrogens is 424 g/mol. The summed E-state index contributed by atoms with van der Waals surface area (Å²) in [7, 11) is 0. The highest BCUT2D eigenvalue weighted by atomic mass is 79.9. The van der Waals surface area contributed by atoms with E-state index in [1.807, 2.05) is 23.6 Å². The Kier molecular flexibility index (Phi) is 6.29. The van der Waals surface area contributed by atoms with Crippen LogP contribution in [0.1, 0.15) is 23.6 Å². The van der Waals surface area contributed by atoms with Gasteiger partial charge in [0.25, 0.3) is 5.91 Å². The number of anilines is 1. The second-order valence-corrected chi connectivity index (χ2v) is 8.02. The van der Waals surface area contributed by atoms with Crippen LogP contribution < -0.4 is 10.1 Å². The molecule has 0 saturated heterocycles. The summed E-state index contributed by atoms with van der Waals surface area (Å²) >= 11 is 4.89. The van der Waals surface area contributed by atoms with Crippen LogP contribution in [0, 0.1) is 13.8 Å². The maximum Gasteiger partial charge on any atom is 0.264 e. The number of halogens is 1. The zero-order valence-electron chi connectivity index (χ0n) is 15.5. The third-order valence-corrected chi connectivity index (χ3v) is 5.56. The SMILES string of the molecule is CCc1ccc(OCC(=O)Nc2nc(-c3cc(C)ccc3C)cs2)c(Br)c1. The lowest BCUT2D eigenvalue weighted by molar-refractivity contribution is -0.118. The maximum absolute atomic E-state index is 12.2. The van der Waals surface area contributed by atoms with Crippen molar-refractivity contribution in [3.8, 4) is 17.0 Å². The smallest absolute Gasteiger partial charge is 0.264 e. The zero-order valence-corrected chi connectivity index (χ0v) is 17.9. The van der Waals surface area contributed by atoms with Crippen LogP contribution in [0.2, 0.25) is 0 Å². The average Bonchev–Trinajstić information content (AvgIpc) is 3.10. The van der Waals surface area contributed by atoms with E-state index in [1.165, 1.54) is 22.5 Å². The summed E-state index contributed by atoms with van der Waals surface area (Å²) < 4.78 is 6.46. The van der Waals surface area contributed by atoms with Crippen molar-refractivity contribution in [2.24, 2.45) is 0 Å². The van der Waals surface area contributed by atoms with Crippen molar-refractivity contribution in [3.63, 3.8) is 0 Å². The molecule has 0 atom stereocenters. The molecule has 6 heteroatoms.